The van der Waals surface area contributed by atoms with Gasteiger partial charge in [-0.15, -0.1) is 0 Å². The van der Waals surface area contributed by atoms with E-state index in [-0.39, 0.29) is 0 Å². The molecular weight excluding hydrogens is 248 g/mol. The number of hydrogen-bond acceptors (Lipinski definition) is 0. The van der Waals surface area contributed by atoms with Crippen molar-refractivity contribution >= 4 is 32.8 Å². The summed E-state index contributed by atoms with van der Waals surface area (Å²) in [6, 6.07) is 10.8. The fourth-order valence-electron chi connectivity index (χ4n) is 2.28. The monoisotopic (exact) mass is 258 g/mol. The Labute approximate surface area is 97.7 Å². The summed E-state index contributed by atoms with van der Waals surface area (Å²) < 4.78 is 1.26. The average molecular weight is 259 g/mol. The van der Waals surface area contributed by atoms with Crippen LogP contribution in [0.4, 0.5) is 0 Å². The van der Waals surface area contributed by atoms with Crippen molar-refractivity contribution in [3.63, 3.8) is 0 Å². The molecule has 3 rings (SSSR count). The molecule has 74 valence electrons. The molecule has 0 spiro atoms. The van der Waals surface area contributed by atoms with Crippen molar-refractivity contribution in [1.29, 1.82) is 0 Å². The third kappa shape index (κ3) is 1.26. The lowest BCUT2D eigenvalue weighted by molar-refractivity contribution is 0.986. The van der Waals surface area contributed by atoms with E-state index in [2.05, 4.69) is 65.3 Å². The van der Waals surface area contributed by atoms with E-state index < -0.39 is 0 Å². The molecule has 0 amide bonds. The van der Waals surface area contributed by atoms with E-state index in [0.29, 0.717) is 5.92 Å². The normalized spacial score (nSPS) is 18.4. The smallest absolute Gasteiger partial charge is 0.0297 e. The first-order chi connectivity index (χ1) is 7.27. The summed E-state index contributed by atoms with van der Waals surface area (Å²) in [6.07, 6.45) is 4.48. The molecule has 0 aromatic heterocycles. The van der Waals surface area contributed by atoms with Crippen LogP contribution in [0.2, 0.25) is 0 Å². The van der Waals surface area contributed by atoms with Gasteiger partial charge in [-0.1, -0.05) is 43.3 Å². The molecule has 0 nitrogen and oxygen atoms in total. The number of fused-ring (bicyclic) bond motifs is 2. The fraction of sp³-hybridized carbons (Fsp3) is 0.143. The van der Waals surface area contributed by atoms with Crippen LogP contribution >= 0.6 is 15.9 Å². The standard InChI is InChI=1S/C14H11Br/c1-9-6-7-11-8-10-4-2-3-5-12(10)14(15)13(9)11/h2-9H,1H3. The Kier molecular flexibility index (Phi) is 1.96. The molecule has 0 aliphatic heterocycles. The molecule has 0 radical (unpaired) electrons. The quantitative estimate of drug-likeness (QED) is 0.641. The summed E-state index contributed by atoms with van der Waals surface area (Å²) in [5.41, 5.74) is 2.78. The molecule has 2 aromatic carbocycles. The van der Waals surface area contributed by atoms with Gasteiger partial charge in [-0.3, -0.25) is 0 Å². The van der Waals surface area contributed by atoms with Gasteiger partial charge in [0.25, 0.3) is 0 Å². The third-order valence-corrected chi connectivity index (χ3v) is 3.93. The third-order valence-electron chi connectivity index (χ3n) is 3.08. The maximum atomic E-state index is 3.73. The van der Waals surface area contributed by atoms with Crippen molar-refractivity contribution in [2.75, 3.05) is 0 Å². The van der Waals surface area contributed by atoms with Gasteiger partial charge in [-0.05, 0) is 43.9 Å². The summed E-state index contributed by atoms with van der Waals surface area (Å²) >= 11 is 3.73. The topological polar surface area (TPSA) is 0 Å². The lowest BCUT2D eigenvalue weighted by Gasteiger charge is -2.11. The summed E-state index contributed by atoms with van der Waals surface area (Å²) in [5.74, 6) is 0.527. The van der Waals surface area contributed by atoms with Gasteiger partial charge in [-0.25, -0.2) is 0 Å². The molecule has 1 heteroatoms. The van der Waals surface area contributed by atoms with Crippen LogP contribution in [-0.4, -0.2) is 0 Å². The van der Waals surface area contributed by atoms with Crippen molar-refractivity contribution in [3.8, 4) is 0 Å². The first-order valence-corrected chi connectivity index (χ1v) is 5.96. The van der Waals surface area contributed by atoms with Crippen molar-refractivity contribution in [1.82, 2.24) is 0 Å². The molecule has 0 fully saturated rings. The van der Waals surface area contributed by atoms with Crippen LogP contribution < -0.4 is 0 Å². The van der Waals surface area contributed by atoms with Crippen LogP contribution in [0.15, 0.2) is 40.9 Å². The summed E-state index contributed by atoms with van der Waals surface area (Å²) in [6.45, 7) is 2.24. The van der Waals surface area contributed by atoms with Gasteiger partial charge in [0.2, 0.25) is 0 Å². The minimum Gasteiger partial charge on any atom is -0.0766 e. The second kappa shape index (κ2) is 3.21. The van der Waals surface area contributed by atoms with Crippen LogP contribution in [0.1, 0.15) is 24.0 Å². The highest BCUT2D eigenvalue weighted by atomic mass is 79.9. The van der Waals surface area contributed by atoms with E-state index in [1.807, 2.05) is 0 Å². The highest BCUT2D eigenvalue weighted by Crippen LogP contribution is 2.39. The fourth-order valence-corrected chi connectivity index (χ4v) is 3.24. The van der Waals surface area contributed by atoms with Gasteiger partial charge in [0, 0.05) is 10.4 Å². The zero-order valence-electron chi connectivity index (χ0n) is 8.50. The molecular formula is C14H11Br. The van der Waals surface area contributed by atoms with E-state index in [9.17, 15) is 0 Å². The van der Waals surface area contributed by atoms with E-state index in [1.165, 1.54) is 26.4 Å². The average Bonchev–Trinajstić information content (AvgIpc) is 2.61. The van der Waals surface area contributed by atoms with Gasteiger partial charge in [0.1, 0.15) is 0 Å². The predicted octanol–water partition coefficient (Wildman–Crippen LogP) is 4.73. The first kappa shape index (κ1) is 9.17. The highest BCUT2D eigenvalue weighted by molar-refractivity contribution is 9.10. The zero-order chi connectivity index (χ0) is 10.4. The van der Waals surface area contributed by atoms with Crippen LogP contribution in [0.3, 0.4) is 0 Å². The Morgan fingerprint density at radius 3 is 2.87 bits per heavy atom. The number of hydrogen-bond donors (Lipinski definition) is 0. The van der Waals surface area contributed by atoms with Crippen molar-refractivity contribution in [2.24, 2.45) is 0 Å². The molecule has 0 bridgehead atoms. The Morgan fingerprint density at radius 2 is 2.00 bits per heavy atom. The molecule has 15 heavy (non-hydrogen) atoms. The highest BCUT2D eigenvalue weighted by Gasteiger charge is 2.17. The first-order valence-electron chi connectivity index (χ1n) is 5.17. The lowest BCUT2D eigenvalue weighted by atomic mass is 9.98. The van der Waals surface area contributed by atoms with Gasteiger partial charge in [0.15, 0.2) is 0 Å². The molecule has 1 atom stereocenters. The van der Waals surface area contributed by atoms with Crippen LogP contribution in [0.5, 0.6) is 0 Å². The van der Waals surface area contributed by atoms with Crippen LogP contribution in [0.25, 0.3) is 16.8 Å². The summed E-state index contributed by atoms with van der Waals surface area (Å²) in [4.78, 5) is 0. The van der Waals surface area contributed by atoms with Crippen molar-refractivity contribution in [3.05, 3.63) is 52.0 Å². The zero-order valence-corrected chi connectivity index (χ0v) is 10.1. The minimum absolute atomic E-state index is 0.527. The summed E-state index contributed by atoms with van der Waals surface area (Å²) in [7, 11) is 0. The number of halogens is 1. The van der Waals surface area contributed by atoms with Gasteiger partial charge in [0.05, 0.1) is 0 Å². The Bertz CT molecular complexity index is 567. The molecule has 0 N–H and O–H groups in total. The van der Waals surface area contributed by atoms with Crippen molar-refractivity contribution in [2.45, 2.75) is 12.8 Å². The van der Waals surface area contributed by atoms with E-state index in [1.54, 1.807) is 0 Å². The predicted molar refractivity (Wildman–Crippen MR) is 69.1 cm³/mol. The number of rotatable bonds is 0. The SMILES string of the molecule is CC1C=Cc2cc3ccccc3c(Br)c21. The maximum absolute atomic E-state index is 3.73. The summed E-state index contributed by atoms with van der Waals surface area (Å²) in [5, 5.41) is 2.62. The Hall–Kier alpha value is -1.08. The second-order valence-corrected chi connectivity index (χ2v) is 4.86. The molecule has 1 aliphatic rings. The van der Waals surface area contributed by atoms with E-state index >= 15 is 0 Å². The molecule has 1 unspecified atom stereocenters. The molecule has 0 saturated carbocycles. The second-order valence-electron chi connectivity index (χ2n) is 4.06. The Balaban J connectivity index is 2.45. The van der Waals surface area contributed by atoms with Crippen LogP contribution in [0, 0.1) is 0 Å². The van der Waals surface area contributed by atoms with Crippen molar-refractivity contribution < 1.29 is 0 Å². The minimum atomic E-state index is 0.527. The van der Waals surface area contributed by atoms with Crippen LogP contribution in [-0.2, 0) is 0 Å². The van der Waals surface area contributed by atoms with E-state index in [4.69, 9.17) is 0 Å². The van der Waals surface area contributed by atoms with Gasteiger partial charge < -0.3 is 0 Å². The van der Waals surface area contributed by atoms with E-state index in [0.717, 1.165) is 0 Å². The molecule has 1 aliphatic carbocycles. The largest absolute Gasteiger partial charge is 0.0766 e. The number of allylic oxidation sites excluding steroid dienone is 1. The molecule has 0 heterocycles. The molecule has 2 aromatic rings. The number of benzene rings is 2. The van der Waals surface area contributed by atoms with Gasteiger partial charge >= 0.3 is 0 Å². The maximum Gasteiger partial charge on any atom is 0.0297 e. The molecule has 0 saturated heterocycles. The Morgan fingerprint density at radius 1 is 1.20 bits per heavy atom. The van der Waals surface area contributed by atoms with Gasteiger partial charge in [-0.2, -0.15) is 0 Å². The lowest BCUT2D eigenvalue weighted by Crippen LogP contribution is -1.90.